The van der Waals surface area contributed by atoms with Crippen molar-refractivity contribution in [3.8, 4) is 11.5 Å². The van der Waals surface area contributed by atoms with Gasteiger partial charge >= 0.3 is 0 Å². The highest BCUT2D eigenvalue weighted by molar-refractivity contribution is 6.01. The van der Waals surface area contributed by atoms with Gasteiger partial charge < -0.3 is 24.7 Å². The number of aryl methyl sites for hydroxylation is 1. The molecule has 0 aliphatic rings. The van der Waals surface area contributed by atoms with E-state index in [1.54, 1.807) is 20.3 Å². The zero-order valence-corrected chi connectivity index (χ0v) is 12.8. The molecule has 0 fully saturated rings. The molecule has 21 heavy (non-hydrogen) atoms. The van der Waals surface area contributed by atoms with Crippen LogP contribution in [0, 0.1) is 6.92 Å². The van der Waals surface area contributed by atoms with Crippen LogP contribution in [0.3, 0.4) is 0 Å². The summed E-state index contributed by atoms with van der Waals surface area (Å²) in [6, 6.07) is 3.52. The Morgan fingerprint density at radius 3 is 2.10 bits per heavy atom. The van der Waals surface area contributed by atoms with Gasteiger partial charge in [0.1, 0.15) is 13.2 Å². The number of ketones is 1. The molecule has 0 saturated heterocycles. The first kappa shape index (κ1) is 17.4. The highest BCUT2D eigenvalue weighted by Crippen LogP contribution is 2.35. The molecule has 1 aromatic rings. The number of carbonyl (C=O) groups excluding carboxylic acids is 1. The lowest BCUT2D eigenvalue weighted by molar-refractivity contribution is 0.0989. The molecule has 0 aromatic heterocycles. The van der Waals surface area contributed by atoms with E-state index in [4.69, 9.17) is 24.7 Å². The average molecular weight is 297 g/mol. The number of rotatable bonds is 10. The molecule has 0 amide bonds. The summed E-state index contributed by atoms with van der Waals surface area (Å²) in [5.74, 6) is 0.764. The van der Waals surface area contributed by atoms with Gasteiger partial charge in [-0.2, -0.15) is 0 Å². The predicted octanol–water partition coefficient (Wildman–Crippen LogP) is 1.19. The van der Waals surface area contributed by atoms with E-state index in [2.05, 4.69) is 0 Å². The number of ether oxygens (including phenoxy) is 4. The molecule has 2 N–H and O–H groups in total. The van der Waals surface area contributed by atoms with Gasteiger partial charge in [0.05, 0.1) is 25.3 Å². The highest BCUT2D eigenvalue weighted by atomic mass is 16.5. The minimum absolute atomic E-state index is 0.0821. The molecule has 0 aliphatic carbocycles. The first-order valence-electron chi connectivity index (χ1n) is 6.76. The lowest BCUT2D eigenvalue weighted by atomic mass is 10.1. The monoisotopic (exact) mass is 297 g/mol. The predicted molar refractivity (Wildman–Crippen MR) is 79.3 cm³/mol. The van der Waals surface area contributed by atoms with Crippen LogP contribution in [0.25, 0.3) is 0 Å². The molecule has 1 aromatic carbocycles. The molecule has 1 rings (SSSR count). The molecule has 0 aliphatic heterocycles. The summed E-state index contributed by atoms with van der Waals surface area (Å²) in [5, 5.41) is 0. The maximum atomic E-state index is 11.9. The molecule has 0 spiro atoms. The van der Waals surface area contributed by atoms with Crippen molar-refractivity contribution in [1.82, 2.24) is 0 Å². The molecular weight excluding hydrogens is 274 g/mol. The van der Waals surface area contributed by atoms with Gasteiger partial charge in [0.15, 0.2) is 17.3 Å². The maximum Gasteiger partial charge on any atom is 0.180 e. The van der Waals surface area contributed by atoms with Crippen molar-refractivity contribution < 1.29 is 23.7 Å². The Bertz CT molecular complexity index is 462. The van der Waals surface area contributed by atoms with Crippen LogP contribution in [0.2, 0.25) is 0 Å². The van der Waals surface area contributed by atoms with Crippen LogP contribution in [0.5, 0.6) is 11.5 Å². The Morgan fingerprint density at radius 1 is 1.00 bits per heavy atom. The lowest BCUT2D eigenvalue weighted by Gasteiger charge is -2.17. The third-order valence-corrected chi connectivity index (χ3v) is 2.86. The molecule has 0 saturated carbocycles. The van der Waals surface area contributed by atoms with Gasteiger partial charge in [-0.3, -0.25) is 4.79 Å². The lowest BCUT2D eigenvalue weighted by Crippen LogP contribution is -2.17. The maximum absolute atomic E-state index is 11.9. The Labute approximate surface area is 125 Å². The normalized spacial score (nSPS) is 10.5. The largest absolute Gasteiger partial charge is 0.487 e. The number of nitrogens with two attached hydrogens (primary N) is 1. The molecule has 118 valence electrons. The van der Waals surface area contributed by atoms with Crippen molar-refractivity contribution in [1.29, 1.82) is 0 Å². The average Bonchev–Trinajstić information content (AvgIpc) is 2.49. The number of hydrogen-bond donors (Lipinski definition) is 1. The molecule has 0 bridgehead atoms. The molecule has 6 heteroatoms. The molecule has 6 nitrogen and oxygen atoms in total. The third-order valence-electron chi connectivity index (χ3n) is 2.86. The van der Waals surface area contributed by atoms with Crippen molar-refractivity contribution in [2.45, 2.75) is 6.92 Å². The second-order valence-corrected chi connectivity index (χ2v) is 4.40. The summed E-state index contributed by atoms with van der Waals surface area (Å²) in [7, 11) is 3.18. The summed E-state index contributed by atoms with van der Waals surface area (Å²) < 4.78 is 21.3. The van der Waals surface area contributed by atoms with E-state index in [-0.39, 0.29) is 12.3 Å². The fourth-order valence-electron chi connectivity index (χ4n) is 1.77. The van der Waals surface area contributed by atoms with Gasteiger partial charge in [-0.1, -0.05) is 6.07 Å². The topological polar surface area (TPSA) is 80.0 Å². The van der Waals surface area contributed by atoms with Crippen molar-refractivity contribution in [2.75, 3.05) is 47.2 Å². The molecule has 0 radical (unpaired) electrons. The summed E-state index contributed by atoms with van der Waals surface area (Å²) in [5.41, 5.74) is 6.75. The summed E-state index contributed by atoms with van der Waals surface area (Å²) in [6.07, 6.45) is 0. The minimum atomic E-state index is -0.195. The van der Waals surface area contributed by atoms with Gasteiger partial charge in [-0.05, 0) is 18.6 Å². The van der Waals surface area contributed by atoms with Gasteiger partial charge in [0.2, 0.25) is 0 Å². The first-order valence-corrected chi connectivity index (χ1v) is 6.76. The van der Waals surface area contributed by atoms with E-state index in [1.807, 2.05) is 13.0 Å². The molecular formula is C15H23NO5. The fourth-order valence-corrected chi connectivity index (χ4v) is 1.77. The second kappa shape index (κ2) is 9.33. The summed E-state index contributed by atoms with van der Waals surface area (Å²) >= 11 is 0. The first-order chi connectivity index (χ1) is 10.2. The van der Waals surface area contributed by atoms with E-state index >= 15 is 0 Å². The van der Waals surface area contributed by atoms with Crippen molar-refractivity contribution in [2.24, 2.45) is 5.73 Å². The van der Waals surface area contributed by atoms with Crippen LogP contribution in [0.1, 0.15) is 15.9 Å². The Hall–Kier alpha value is -1.63. The number of carbonyl (C=O) groups is 1. The molecule has 0 heterocycles. The SMILES string of the molecule is COCCOc1c(C)ccc(C(=O)CN)c1OCCOC. The van der Waals surface area contributed by atoms with E-state index < -0.39 is 0 Å². The third kappa shape index (κ3) is 5.00. The minimum Gasteiger partial charge on any atom is -0.487 e. The second-order valence-electron chi connectivity index (χ2n) is 4.40. The Kier molecular flexibility index (Phi) is 7.74. The fraction of sp³-hybridized carbons (Fsp3) is 0.533. The quantitative estimate of drug-likeness (QED) is 0.516. The van der Waals surface area contributed by atoms with Crippen LogP contribution in [-0.4, -0.2) is 53.0 Å². The van der Waals surface area contributed by atoms with E-state index in [9.17, 15) is 4.79 Å². The standard InChI is InChI=1S/C15H23NO5/c1-11-4-5-12(13(17)10-16)15(21-9-7-19-3)14(11)20-8-6-18-2/h4-5H,6-10,16H2,1-3H3. The summed E-state index contributed by atoms with van der Waals surface area (Å²) in [4.78, 5) is 11.9. The zero-order valence-electron chi connectivity index (χ0n) is 12.8. The van der Waals surface area contributed by atoms with Gasteiger partial charge in [-0.25, -0.2) is 0 Å². The smallest absolute Gasteiger partial charge is 0.180 e. The van der Waals surface area contributed by atoms with Crippen molar-refractivity contribution >= 4 is 5.78 Å². The van der Waals surface area contributed by atoms with Gasteiger partial charge in [0.25, 0.3) is 0 Å². The van der Waals surface area contributed by atoms with Crippen LogP contribution < -0.4 is 15.2 Å². The highest BCUT2D eigenvalue weighted by Gasteiger charge is 2.18. The van der Waals surface area contributed by atoms with Crippen molar-refractivity contribution in [3.63, 3.8) is 0 Å². The van der Waals surface area contributed by atoms with Crippen LogP contribution in [0.15, 0.2) is 12.1 Å². The Balaban J connectivity index is 3.07. The van der Waals surface area contributed by atoms with Gasteiger partial charge in [-0.15, -0.1) is 0 Å². The molecule has 0 unspecified atom stereocenters. The van der Waals surface area contributed by atoms with Crippen molar-refractivity contribution in [3.05, 3.63) is 23.3 Å². The number of methoxy groups -OCH3 is 2. The van der Waals surface area contributed by atoms with E-state index in [0.717, 1.165) is 5.56 Å². The number of Topliss-reactive ketones (excluding diaryl/α,β-unsaturated/α-hetero) is 1. The van der Waals surface area contributed by atoms with Crippen LogP contribution >= 0.6 is 0 Å². The summed E-state index contributed by atoms with van der Waals surface area (Å²) in [6.45, 7) is 3.38. The van der Waals surface area contributed by atoms with Crippen LogP contribution in [-0.2, 0) is 9.47 Å². The van der Waals surface area contributed by atoms with E-state index in [1.165, 1.54) is 0 Å². The zero-order chi connectivity index (χ0) is 15.7. The number of hydrogen-bond acceptors (Lipinski definition) is 6. The van der Waals surface area contributed by atoms with Gasteiger partial charge in [0, 0.05) is 14.2 Å². The molecule has 0 atom stereocenters. The number of benzene rings is 1. The van der Waals surface area contributed by atoms with E-state index in [0.29, 0.717) is 43.5 Å². The van der Waals surface area contributed by atoms with Crippen LogP contribution in [0.4, 0.5) is 0 Å². The Morgan fingerprint density at radius 2 is 1.57 bits per heavy atom.